The zero-order valence-electron chi connectivity index (χ0n) is 16.6. The third-order valence-corrected chi connectivity index (χ3v) is 7.64. The van der Waals surface area contributed by atoms with Gasteiger partial charge >= 0.3 is 0 Å². The van der Waals surface area contributed by atoms with E-state index in [-0.39, 0.29) is 29.8 Å². The predicted octanol–water partition coefficient (Wildman–Crippen LogP) is 1.00. The van der Waals surface area contributed by atoms with E-state index in [2.05, 4.69) is 18.7 Å². The summed E-state index contributed by atoms with van der Waals surface area (Å²) in [6.07, 6.45) is 0.892. The number of carbonyl (C=O) groups is 1. The van der Waals surface area contributed by atoms with Crippen molar-refractivity contribution in [1.82, 2.24) is 14.1 Å². The molecule has 158 valence electrons. The summed E-state index contributed by atoms with van der Waals surface area (Å²) in [6.45, 7) is 7.83. The number of halogens is 1. The van der Waals surface area contributed by atoms with Crippen LogP contribution in [-0.2, 0) is 14.8 Å². The number of piperazine rings is 1. The predicted molar refractivity (Wildman–Crippen MR) is 112 cm³/mol. The second kappa shape index (κ2) is 9.09. The van der Waals surface area contributed by atoms with Crippen molar-refractivity contribution in [2.45, 2.75) is 31.2 Å². The first kappa shape index (κ1) is 23.1. The Morgan fingerprint density at radius 3 is 2.29 bits per heavy atom. The maximum Gasteiger partial charge on any atom is 0.243 e. The van der Waals surface area contributed by atoms with Gasteiger partial charge in [-0.15, -0.1) is 12.4 Å². The summed E-state index contributed by atoms with van der Waals surface area (Å²) in [5.41, 5.74) is 6.17. The van der Waals surface area contributed by atoms with Gasteiger partial charge < -0.3 is 10.6 Å². The Morgan fingerprint density at radius 2 is 1.71 bits per heavy atom. The highest BCUT2D eigenvalue weighted by atomic mass is 35.5. The number of hydrogen-bond donors (Lipinski definition) is 1. The molecule has 0 radical (unpaired) electrons. The summed E-state index contributed by atoms with van der Waals surface area (Å²) in [6, 6.07) is 8.61. The van der Waals surface area contributed by atoms with E-state index in [0.29, 0.717) is 37.6 Å². The highest BCUT2D eigenvalue weighted by molar-refractivity contribution is 7.89. The minimum absolute atomic E-state index is 0. The number of nitrogens with zero attached hydrogens (tertiary/aromatic N) is 3. The lowest BCUT2D eigenvalue weighted by Crippen LogP contribution is -2.56. The van der Waals surface area contributed by atoms with E-state index in [1.807, 2.05) is 0 Å². The molecule has 2 heterocycles. The zero-order chi connectivity index (χ0) is 19.7. The molecule has 0 saturated carbocycles. The molecule has 0 aliphatic carbocycles. The van der Waals surface area contributed by atoms with E-state index in [4.69, 9.17) is 5.73 Å². The summed E-state index contributed by atoms with van der Waals surface area (Å²) in [5, 5.41) is 0. The number of hydrogen-bond acceptors (Lipinski definition) is 5. The van der Waals surface area contributed by atoms with Gasteiger partial charge in [-0.1, -0.05) is 32.0 Å². The smallest absolute Gasteiger partial charge is 0.243 e. The van der Waals surface area contributed by atoms with Gasteiger partial charge in [0, 0.05) is 45.3 Å². The second-order valence-corrected chi connectivity index (χ2v) is 10.1. The largest absolute Gasteiger partial charge is 0.339 e. The number of sulfonamides is 1. The van der Waals surface area contributed by atoms with Crippen molar-refractivity contribution in [2.75, 3.05) is 45.8 Å². The number of likely N-dealkylation sites (tertiary alicyclic amines) is 1. The SMILES string of the molecule is CC1(C)CN(CC(=O)N2CCN(S(=O)(=O)c3ccccc3)CC2)CCC1N.Cl. The van der Waals surface area contributed by atoms with E-state index < -0.39 is 10.0 Å². The van der Waals surface area contributed by atoms with Gasteiger partial charge in [-0.3, -0.25) is 9.69 Å². The molecule has 2 fully saturated rings. The van der Waals surface area contributed by atoms with Gasteiger partial charge in [0.25, 0.3) is 0 Å². The Labute approximate surface area is 174 Å². The summed E-state index contributed by atoms with van der Waals surface area (Å²) in [7, 11) is -3.49. The molecule has 0 aromatic heterocycles. The van der Waals surface area contributed by atoms with Crippen LogP contribution in [0.25, 0.3) is 0 Å². The lowest BCUT2D eigenvalue weighted by atomic mass is 9.80. The van der Waals surface area contributed by atoms with E-state index in [0.717, 1.165) is 19.5 Å². The first-order valence-corrected chi connectivity index (χ1v) is 10.9. The fraction of sp³-hybridized carbons (Fsp3) is 0.632. The molecule has 2 saturated heterocycles. The van der Waals surface area contributed by atoms with Gasteiger partial charge in [0.2, 0.25) is 15.9 Å². The Morgan fingerprint density at radius 1 is 1.11 bits per heavy atom. The minimum atomic E-state index is -3.49. The lowest BCUT2D eigenvalue weighted by molar-refractivity contribution is -0.134. The van der Waals surface area contributed by atoms with Crippen LogP contribution in [0.5, 0.6) is 0 Å². The van der Waals surface area contributed by atoms with Crippen molar-refractivity contribution in [3.8, 4) is 0 Å². The van der Waals surface area contributed by atoms with Gasteiger partial charge in [0.05, 0.1) is 11.4 Å². The maximum absolute atomic E-state index is 12.7. The molecule has 2 aliphatic heterocycles. The van der Waals surface area contributed by atoms with Crippen molar-refractivity contribution in [1.29, 1.82) is 0 Å². The molecule has 2 N–H and O–H groups in total. The number of benzene rings is 1. The average Bonchev–Trinajstić information content (AvgIpc) is 2.65. The Balaban J connectivity index is 0.00000280. The van der Waals surface area contributed by atoms with Gasteiger partial charge in [-0.2, -0.15) is 4.31 Å². The fourth-order valence-electron chi connectivity index (χ4n) is 3.83. The standard InChI is InChI=1S/C19H30N4O3S.ClH/c1-19(2)15-21(9-8-17(19)20)14-18(24)22-10-12-23(13-11-22)27(25,26)16-6-4-3-5-7-16;/h3-7,17H,8-15,20H2,1-2H3;1H. The van der Waals surface area contributed by atoms with Crippen LogP contribution in [-0.4, -0.2) is 80.3 Å². The van der Waals surface area contributed by atoms with Crippen LogP contribution >= 0.6 is 12.4 Å². The molecule has 1 aromatic carbocycles. The second-order valence-electron chi connectivity index (χ2n) is 8.19. The molecular weight excluding hydrogens is 400 g/mol. The van der Waals surface area contributed by atoms with Crippen LogP contribution in [0.3, 0.4) is 0 Å². The highest BCUT2D eigenvalue weighted by Gasteiger charge is 2.35. The van der Waals surface area contributed by atoms with Gasteiger partial charge in [-0.25, -0.2) is 8.42 Å². The zero-order valence-corrected chi connectivity index (χ0v) is 18.2. The maximum atomic E-state index is 12.7. The van der Waals surface area contributed by atoms with Crippen molar-refractivity contribution >= 4 is 28.3 Å². The van der Waals surface area contributed by atoms with E-state index in [9.17, 15) is 13.2 Å². The van der Waals surface area contributed by atoms with Crippen LogP contribution in [0.15, 0.2) is 35.2 Å². The summed E-state index contributed by atoms with van der Waals surface area (Å²) in [5.74, 6) is 0.0676. The van der Waals surface area contributed by atoms with E-state index >= 15 is 0 Å². The molecule has 1 aromatic rings. The molecule has 1 atom stereocenters. The molecule has 3 rings (SSSR count). The number of nitrogens with two attached hydrogens (primary N) is 1. The molecule has 7 nitrogen and oxygen atoms in total. The molecule has 1 unspecified atom stereocenters. The van der Waals surface area contributed by atoms with Gasteiger partial charge in [-0.05, 0) is 24.0 Å². The van der Waals surface area contributed by atoms with Crippen molar-refractivity contribution in [3.63, 3.8) is 0 Å². The number of carbonyl (C=O) groups excluding carboxylic acids is 1. The van der Waals surface area contributed by atoms with Crippen molar-refractivity contribution < 1.29 is 13.2 Å². The molecule has 1 amide bonds. The Hall–Kier alpha value is -1.19. The molecule has 28 heavy (non-hydrogen) atoms. The third kappa shape index (κ3) is 5.04. The topological polar surface area (TPSA) is 87.0 Å². The van der Waals surface area contributed by atoms with Gasteiger partial charge in [0.15, 0.2) is 0 Å². The quantitative estimate of drug-likeness (QED) is 0.770. The van der Waals surface area contributed by atoms with E-state index in [1.165, 1.54) is 4.31 Å². The summed E-state index contributed by atoms with van der Waals surface area (Å²) < 4.78 is 26.8. The first-order valence-electron chi connectivity index (χ1n) is 9.51. The molecule has 0 spiro atoms. The van der Waals surface area contributed by atoms with Crippen LogP contribution in [0, 0.1) is 5.41 Å². The number of piperidine rings is 1. The van der Waals surface area contributed by atoms with Gasteiger partial charge in [0.1, 0.15) is 0 Å². The molecule has 0 bridgehead atoms. The lowest BCUT2D eigenvalue weighted by Gasteiger charge is -2.43. The van der Waals surface area contributed by atoms with Crippen LogP contribution < -0.4 is 5.73 Å². The average molecular weight is 431 g/mol. The number of amides is 1. The summed E-state index contributed by atoms with van der Waals surface area (Å²) in [4.78, 5) is 16.9. The molecular formula is C19H31ClN4O3S. The molecule has 2 aliphatic rings. The van der Waals surface area contributed by atoms with Crippen LogP contribution in [0.4, 0.5) is 0 Å². The van der Waals surface area contributed by atoms with Crippen LogP contribution in [0.2, 0.25) is 0 Å². The minimum Gasteiger partial charge on any atom is -0.339 e. The van der Waals surface area contributed by atoms with Crippen molar-refractivity contribution in [3.05, 3.63) is 30.3 Å². The Kier molecular flexibility index (Phi) is 7.50. The number of rotatable bonds is 4. The molecule has 9 heteroatoms. The Bertz CT molecular complexity index is 765. The fourth-order valence-corrected chi connectivity index (χ4v) is 5.27. The summed E-state index contributed by atoms with van der Waals surface area (Å²) >= 11 is 0. The van der Waals surface area contributed by atoms with Crippen LogP contribution in [0.1, 0.15) is 20.3 Å². The monoisotopic (exact) mass is 430 g/mol. The normalized spacial score (nSPS) is 23.8. The van der Waals surface area contributed by atoms with E-state index in [1.54, 1.807) is 35.2 Å². The first-order chi connectivity index (χ1) is 12.7. The van der Waals surface area contributed by atoms with Crippen molar-refractivity contribution in [2.24, 2.45) is 11.1 Å². The highest BCUT2D eigenvalue weighted by Crippen LogP contribution is 2.27. The third-order valence-electron chi connectivity index (χ3n) is 5.72.